The van der Waals surface area contributed by atoms with Crippen LogP contribution in [-0.4, -0.2) is 12.0 Å². The summed E-state index contributed by atoms with van der Waals surface area (Å²) in [4.78, 5) is 4.28. The number of nitrogens with zero attached hydrogens (tertiary/aromatic N) is 1. The first-order valence-corrected chi connectivity index (χ1v) is 6.28. The molecule has 1 aromatic heterocycles. The van der Waals surface area contributed by atoms with E-state index >= 15 is 0 Å². The standard InChI is InChI=1S/C16H20N2/c1-11-7-15(10-18-9-11)16(17-4)14-6-5-12(2)13(3)8-14/h5-10,16-17H,1-4H3. The monoisotopic (exact) mass is 240 g/mol. The molecule has 2 rings (SSSR count). The van der Waals surface area contributed by atoms with Gasteiger partial charge in [-0.1, -0.05) is 24.3 Å². The normalized spacial score (nSPS) is 12.4. The Bertz CT molecular complexity index is 547. The summed E-state index contributed by atoms with van der Waals surface area (Å²) >= 11 is 0. The number of aryl methyl sites for hydroxylation is 3. The van der Waals surface area contributed by atoms with Crippen molar-refractivity contribution in [3.63, 3.8) is 0 Å². The first-order valence-electron chi connectivity index (χ1n) is 6.28. The third-order valence-corrected chi connectivity index (χ3v) is 3.38. The van der Waals surface area contributed by atoms with E-state index in [1.54, 1.807) is 0 Å². The van der Waals surface area contributed by atoms with Gasteiger partial charge in [0.2, 0.25) is 0 Å². The van der Waals surface area contributed by atoms with E-state index in [0.29, 0.717) is 0 Å². The van der Waals surface area contributed by atoms with Gasteiger partial charge in [-0.3, -0.25) is 4.98 Å². The van der Waals surface area contributed by atoms with E-state index in [9.17, 15) is 0 Å². The van der Waals surface area contributed by atoms with Crippen molar-refractivity contribution in [1.82, 2.24) is 10.3 Å². The molecule has 0 aliphatic rings. The van der Waals surface area contributed by atoms with E-state index in [4.69, 9.17) is 0 Å². The van der Waals surface area contributed by atoms with Crippen LogP contribution < -0.4 is 5.32 Å². The predicted molar refractivity (Wildman–Crippen MR) is 75.8 cm³/mol. The van der Waals surface area contributed by atoms with Crippen LogP contribution in [0.1, 0.15) is 33.9 Å². The largest absolute Gasteiger partial charge is 0.309 e. The van der Waals surface area contributed by atoms with Crippen molar-refractivity contribution in [2.45, 2.75) is 26.8 Å². The van der Waals surface area contributed by atoms with Gasteiger partial charge in [0.15, 0.2) is 0 Å². The van der Waals surface area contributed by atoms with E-state index < -0.39 is 0 Å². The van der Waals surface area contributed by atoms with Gasteiger partial charge in [-0.2, -0.15) is 0 Å². The molecule has 2 nitrogen and oxygen atoms in total. The molecule has 0 aliphatic carbocycles. The average Bonchev–Trinajstić information content (AvgIpc) is 2.35. The van der Waals surface area contributed by atoms with E-state index in [1.165, 1.54) is 27.8 Å². The summed E-state index contributed by atoms with van der Waals surface area (Å²) in [5, 5.41) is 3.37. The number of pyridine rings is 1. The van der Waals surface area contributed by atoms with E-state index in [1.807, 2.05) is 19.4 Å². The SMILES string of the molecule is CNC(c1cncc(C)c1)c1ccc(C)c(C)c1. The number of nitrogens with one attached hydrogen (secondary N) is 1. The Morgan fingerprint density at radius 3 is 2.33 bits per heavy atom. The van der Waals surface area contributed by atoms with Crippen molar-refractivity contribution in [3.8, 4) is 0 Å². The Morgan fingerprint density at radius 1 is 0.944 bits per heavy atom. The first-order chi connectivity index (χ1) is 8.61. The van der Waals surface area contributed by atoms with Crippen LogP contribution in [-0.2, 0) is 0 Å². The van der Waals surface area contributed by atoms with Gasteiger partial charge >= 0.3 is 0 Å². The summed E-state index contributed by atoms with van der Waals surface area (Å²) in [6.07, 6.45) is 3.82. The van der Waals surface area contributed by atoms with Crippen LogP contribution in [0, 0.1) is 20.8 Å². The van der Waals surface area contributed by atoms with Crippen LogP contribution in [0.3, 0.4) is 0 Å². The van der Waals surface area contributed by atoms with Crippen LogP contribution in [0.15, 0.2) is 36.7 Å². The van der Waals surface area contributed by atoms with E-state index in [0.717, 1.165) is 0 Å². The molecule has 1 aromatic carbocycles. The summed E-state index contributed by atoms with van der Waals surface area (Å²) in [6, 6.07) is 9.00. The summed E-state index contributed by atoms with van der Waals surface area (Å²) < 4.78 is 0. The molecule has 2 heteroatoms. The number of benzene rings is 1. The van der Waals surface area contributed by atoms with Gasteiger partial charge in [0, 0.05) is 12.4 Å². The minimum Gasteiger partial charge on any atom is -0.309 e. The molecular weight excluding hydrogens is 220 g/mol. The van der Waals surface area contributed by atoms with Crippen LogP contribution in [0.4, 0.5) is 0 Å². The highest BCUT2D eigenvalue weighted by atomic mass is 14.9. The Balaban J connectivity index is 2.42. The lowest BCUT2D eigenvalue weighted by molar-refractivity contribution is 0.687. The van der Waals surface area contributed by atoms with Gasteiger partial charge in [-0.05, 0) is 55.6 Å². The fourth-order valence-electron chi connectivity index (χ4n) is 2.21. The number of rotatable bonds is 3. The molecule has 0 radical (unpaired) electrons. The molecule has 0 aliphatic heterocycles. The van der Waals surface area contributed by atoms with Gasteiger partial charge in [-0.25, -0.2) is 0 Å². The Labute approximate surface area is 109 Å². The van der Waals surface area contributed by atoms with Crippen LogP contribution in [0.5, 0.6) is 0 Å². The molecular formula is C16H20N2. The topological polar surface area (TPSA) is 24.9 Å². The van der Waals surface area contributed by atoms with Gasteiger partial charge in [0.25, 0.3) is 0 Å². The highest BCUT2D eigenvalue weighted by Crippen LogP contribution is 2.23. The van der Waals surface area contributed by atoms with Gasteiger partial charge in [0.05, 0.1) is 6.04 Å². The van der Waals surface area contributed by atoms with Crippen LogP contribution >= 0.6 is 0 Å². The second-order valence-corrected chi connectivity index (χ2v) is 4.86. The Hall–Kier alpha value is -1.67. The van der Waals surface area contributed by atoms with E-state index in [2.05, 4.69) is 55.3 Å². The van der Waals surface area contributed by atoms with Crippen molar-refractivity contribution in [1.29, 1.82) is 0 Å². The summed E-state index contributed by atoms with van der Waals surface area (Å²) in [6.45, 7) is 6.37. The van der Waals surface area contributed by atoms with Gasteiger partial charge in [0.1, 0.15) is 0 Å². The fraction of sp³-hybridized carbons (Fsp3) is 0.312. The zero-order valence-corrected chi connectivity index (χ0v) is 11.5. The van der Waals surface area contributed by atoms with Crippen LogP contribution in [0.2, 0.25) is 0 Å². The minimum absolute atomic E-state index is 0.205. The number of hydrogen-bond acceptors (Lipinski definition) is 2. The second kappa shape index (κ2) is 5.32. The first kappa shape index (κ1) is 12.8. The minimum atomic E-state index is 0.205. The Kier molecular flexibility index (Phi) is 3.78. The molecule has 0 spiro atoms. The maximum Gasteiger partial charge on any atom is 0.0589 e. The summed E-state index contributed by atoms with van der Waals surface area (Å²) in [7, 11) is 1.99. The quantitative estimate of drug-likeness (QED) is 0.890. The van der Waals surface area contributed by atoms with Gasteiger partial charge < -0.3 is 5.32 Å². The molecule has 0 saturated carbocycles. The molecule has 1 unspecified atom stereocenters. The third-order valence-electron chi connectivity index (χ3n) is 3.38. The fourth-order valence-corrected chi connectivity index (χ4v) is 2.21. The van der Waals surface area contributed by atoms with Crippen molar-refractivity contribution in [3.05, 3.63) is 64.5 Å². The second-order valence-electron chi connectivity index (χ2n) is 4.86. The highest BCUT2D eigenvalue weighted by molar-refractivity contribution is 5.37. The maximum atomic E-state index is 4.28. The van der Waals surface area contributed by atoms with Crippen molar-refractivity contribution in [2.24, 2.45) is 0 Å². The highest BCUT2D eigenvalue weighted by Gasteiger charge is 2.12. The predicted octanol–water partition coefficient (Wildman–Crippen LogP) is 3.32. The van der Waals surface area contributed by atoms with E-state index in [-0.39, 0.29) is 6.04 Å². The maximum absolute atomic E-state index is 4.28. The molecule has 1 heterocycles. The Morgan fingerprint density at radius 2 is 1.72 bits per heavy atom. The van der Waals surface area contributed by atoms with Crippen molar-refractivity contribution < 1.29 is 0 Å². The lowest BCUT2D eigenvalue weighted by atomic mass is 9.96. The van der Waals surface area contributed by atoms with Crippen molar-refractivity contribution >= 4 is 0 Å². The third kappa shape index (κ3) is 2.59. The molecule has 0 bridgehead atoms. The van der Waals surface area contributed by atoms with Gasteiger partial charge in [-0.15, -0.1) is 0 Å². The average molecular weight is 240 g/mol. The molecule has 18 heavy (non-hydrogen) atoms. The molecule has 1 atom stereocenters. The summed E-state index contributed by atoms with van der Waals surface area (Å²) in [5.41, 5.74) is 6.34. The zero-order chi connectivity index (χ0) is 13.1. The van der Waals surface area contributed by atoms with Crippen molar-refractivity contribution in [2.75, 3.05) is 7.05 Å². The molecule has 2 aromatic rings. The summed E-state index contributed by atoms with van der Waals surface area (Å²) in [5.74, 6) is 0. The van der Waals surface area contributed by atoms with Crippen LogP contribution in [0.25, 0.3) is 0 Å². The molecule has 1 N–H and O–H groups in total. The molecule has 0 fully saturated rings. The number of hydrogen-bond donors (Lipinski definition) is 1. The molecule has 94 valence electrons. The molecule has 0 saturated heterocycles. The smallest absolute Gasteiger partial charge is 0.0589 e. The lowest BCUT2D eigenvalue weighted by Crippen LogP contribution is -2.18. The number of aromatic nitrogens is 1. The zero-order valence-electron chi connectivity index (χ0n) is 11.5. The lowest BCUT2D eigenvalue weighted by Gasteiger charge is -2.18. The molecule has 0 amide bonds.